The molecule has 3 nitrogen and oxygen atoms in total. The molecule has 4 heteroatoms. The molecule has 1 atom stereocenters. The fourth-order valence-corrected chi connectivity index (χ4v) is 2.44. The smallest absolute Gasteiger partial charge is 0.128 e. The number of rotatable bonds is 4. The predicted molar refractivity (Wildman–Crippen MR) is 82.0 cm³/mol. The third-order valence-electron chi connectivity index (χ3n) is 3.79. The van der Waals surface area contributed by atoms with E-state index in [9.17, 15) is 4.39 Å². The second-order valence-electron chi connectivity index (χ2n) is 5.37. The third kappa shape index (κ3) is 3.22. The van der Waals surface area contributed by atoms with Gasteiger partial charge in [0.1, 0.15) is 11.6 Å². The van der Waals surface area contributed by atoms with Gasteiger partial charge in [-0.2, -0.15) is 0 Å². The Morgan fingerprint density at radius 3 is 2.57 bits per heavy atom. The molecule has 0 aliphatic carbocycles. The van der Waals surface area contributed by atoms with Gasteiger partial charge in [0.2, 0.25) is 0 Å². The molecule has 0 aliphatic heterocycles. The highest BCUT2D eigenvalue weighted by Gasteiger charge is 2.15. The summed E-state index contributed by atoms with van der Waals surface area (Å²) in [6.07, 6.45) is 2.33. The molecule has 0 radical (unpaired) electrons. The molecular weight excluding hydrogens is 267 g/mol. The van der Waals surface area contributed by atoms with Crippen molar-refractivity contribution in [2.24, 2.45) is 5.73 Å². The zero-order valence-electron chi connectivity index (χ0n) is 12.9. The normalized spacial score (nSPS) is 12.3. The van der Waals surface area contributed by atoms with E-state index in [1.807, 2.05) is 19.9 Å². The van der Waals surface area contributed by atoms with Crippen LogP contribution in [0.4, 0.5) is 4.39 Å². The summed E-state index contributed by atoms with van der Waals surface area (Å²) in [6, 6.07) is 4.82. The topological polar surface area (TPSA) is 48.1 Å². The highest BCUT2D eigenvalue weighted by molar-refractivity contribution is 5.41. The molecular formula is C17H21FN2O. The summed E-state index contributed by atoms with van der Waals surface area (Å²) in [5, 5.41) is 0. The lowest BCUT2D eigenvalue weighted by Crippen LogP contribution is -2.15. The van der Waals surface area contributed by atoms with Gasteiger partial charge in [0.15, 0.2) is 0 Å². The average Bonchev–Trinajstić information content (AvgIpc) is 2.45. The van der Waals surface area contributed by atoms with Crippen LogP contribution in [0.3, 0.4) is 0 Å². The van der Waals surface area contributed by atoms with Crippen molar-refractivity contribution in [1.82, 2.24) is 4.98 Å². The minimum Gasteiger partial charge on any atom is -0.496 e. The number of benzene rings is 1. The first-order valence-electron chi connectivity index (χ1n) is 6.94. The fourth-order valence-electron chi connectivity index (χ4n) is 2.44. The van der Waals surface area contributed by atoms with Crippen molar-refractivity contribution in [2.45, 2.75) is 33.2 Å². The van der Waals surface area contributed by atoms with Crippen LogP contribution in [-0.2, 0) is 6.42 Å². The maximum absolute atomic E-state index is 13.6. The Hall–Kier alpha value is -1.94. The molecule has 1 aromatic carbocycles. The highest BCUT2D eigenvalue weighted by atomic mass is 19.1. The lowest BCUT2D eigenvalue weighted by atomic mass is 9.98. The highest BCUT2D eigenvalue weighted by Crippen LogP contribution is 2.27. The molecule has 2 N–H and O–H groups in total. The fraction of sp³-hybridized carbons (Fsp3) is 0.353. The number of ether oxygens (including phenoxy) is 1. The SMILES string of the molecule is COc1c(C)cnc(CC(N)c2ccc(C)c(F)c2)c1C. The number of hydrogen-bond acceptors (Lipinski definition) is 3. The van der Waals surface area contributed by atoms with Crippen LogP contribution < -0.4 is 10.5 Å². The van der Waals surface area contributed by atoms with E-state index in [0.717, 1.165) is 28.1 Å². The summed E-state index contributed by atoms with van der Waals surface area (Å²) in [5.74, 6) is 0.608. The van der Waals surface area contributed by atoms with Crippen LogP contribution in [0.5, 0.6) is 5.75 Å². The number of nitrogens with two attached hydrogens (primary N) is 1. The van der Waals surface area contributed by atoms with Crippen LogP contribution in [0.1, 0.15) is 34.0 Å². The Labute approximate surface area is 125 Å². The Balaban J connectivity index is 2.27. The van der Waals surface area contributed by atoms with Crippen molar-refractivity contribution in [3.05, 3.63) is 58.2 Å². The van der Waals surface area contributed by atoms with Crippen molar-refractivity contribution in [3.8, 4) is 5.75 Å². The van der Waals surface area contributed by atoms with Gasteiger partial charge < -0.3 is 10.5 Å². The number of pyridine rings is 1. The van der Waals surface area contributed by atoms with Crippen molar-refractivity contribution in [1.29, 1.82) is 0 Å². The van der Waals surface area contributed by atoms with Gasteiger partial charge in [0.05, 0.1) is 7.11 Å². The summed E-state index contributed by atoms with van der Waals surface area (Å²) >= 11 is 0. The van der Waals surface area contributed by atoms with E-state index in [-0.39, 0.29) is 11.9 Å². The van der Waals surface area contributed by atoms with Crippen molar-refractivity contribution < 1.29 is 9.13 Å². The molecule has 1 heterocycles. The molecule has 1 unspecified atom stereocenters. The van der Waals surface area contributed by atoms with Crippen LogP contribution in [0.15, 0.2) is 24.4 Å². The minimum atomic E-state index is -0.293. The molecule has 1 aromatic heterocycles. The first-order chi connectivity index (χ1) is 9.93. The van der Waals surface area contributed by atoms with E-state index in [2.05, 4.69) is 4.98 Å². The number of aryl methyl sites for hydroxylation is 2. The predicted octanol–water partition coefficient (Wildman–Crippen LogP) is 3.40. The maximum Gasteiger partial charge on any atom is 0.128 e. The van der Waals surface area contributed by atoms with Gasteiger partial charge in [0, 0.05) is 35.5 Å². The van der Waals surface area contributed by atoms with Crippen molar-refractivity contribution in [3.63, 3.8) is 0 Å². The molecule has 0 saturated carbocycles. The van der Waals surface area contributed by atoms with Gasteiger partial charge in [0.25, 0.3) is 0 Å². The van der Waals surface area contributed by atoms with Crippen LogP contribution in [0, 0.1) is 26.6 Å². The van der Waals surface area contributed by atoms with Gasteiger partial charge in [-0.05, 0) is 38.0 Å². The van der Waals surface area contributed by atoms with E-state index in [4.69, 9.17) is 10.5 Å². The maximum atomic E-state index is 13.6. The van der Waals surface area contributed by atoms with Crippen molar-refractivity contribution >= 4 is 0 Å². The second-order valence-corrected chi connectivity index (χ2v) is 5.37. The average molecular weight is 288 g/mol. The molecule has 0 aliphatic rings. The lowest BCUT2D eigenvalue weighted by Gasteiger charge is -2.16. The van der Waals surface area contributed by atoms with E-state index in [1.54, 1.807) is 26.3 Å². The summed E-state index contributed by atoms with van der Waals surface area (Å²) in [4.78, 5) is 4.44. The molecule has 0 fully saturated rings. The zero-order chi connectivity index (χ0) is 15.6. The lowest BCUT2D eigenvalue weighted by molar-refractivity contribution is 0.406. The number of nitrogens with zero attached hydrogens (tertiary/aromatic N) is 1. The van der Waals surface area contributed by atoms with Crippen LogP contribution >= 0.6 is 0 Å². The Bertz CT molecular complexity index is 655. The quantitative estimate of drug-likeness (QED) is 0.938. The molecule has 2 aromatic rings. The molecule has 0 spiro atoms. The van der Waals surface area contributed by atoms with Crippen molar-refractivity contribution in [2.75, 3.05) is 7.11 Å². The monoisotopic (exact) mass is 288 g/mol. The summed E-state index contributed by atoms with van der Waals surface area (Å²) in [6.45, 7) is 5.66. The first-order valence-corrected chi connectivity index (χ1v) is 6.94. The largest absolute Gasteiger partial charge is 0.496 e. The van der Waals surface area contributed by atoms with E-state index < -0.39 is 0 Å². The summed E-state index contributed by atoms with van der Waals surface area (Å²) in [5.41, 5.74) is 10.5. The summed E-state index contributed by atoms with van der Waals surface area (Å²) < 4.78 is 19.0. The molecule has 21 heavy (non-hydrogen) atoms. The Morgan fingerprint density at radius 2 is 1.95 bits per heavy atom. The number of methoxy groups -OCH3 is 1. The third-order valence-corrected chi connectivity index (χ3v) is 3.79. The summed E-state index contributed by atoms with van der Waals surface area (Å²) in [7, 11) is 1.65. The van der Waals surface area contributed by atoms with Gasteiger partial charge >= 0.3 is 0 Å². The van der Waals surface area contributed by atoms with E-state index in [1.165, 1.54) is 6.07 Å². The van der Waals surface area contributed by atoms with E-state index >= 15 is 0 Å². The van der Waals surface area contributed by atoms with Gasteiger partial charge in [-0.3, -0.25) is 4.98 Å². The second kappa shape index (κ2) is 6.22. The van der Waals surface area contributed by atoms with Crippen LogP contribution in [-0.4, -0.2) is 12.1 Å². The Kier molecular flexibility index (Phi) is 4.58. The van der Waals surface area contributed by atoms with Crippen LogP contribution in [0.2, 0.25) is 0 Å². The number of aromatic nitrogens is 1. The standard InChI is InChI=1S/C17H21FN2O/c1-10-5-6-13(7-14(10)18)15(19)8-16-12(3)17(21-4)11(2)9-20-16/h5-7,9,15H,8,19H2,1-4H3. The molecule has 112 valence electrons. The Morgan fingerprint density at radius 1 is 1.24 bits per heavy atom. The first kappa shape index (κ1) is 15.4. The molecule has 0 amide bonds. The number of hydrogen-bond donors (Lipinski definition) is 1. The van der Waals surface area contributed by atoms with Crippen LogP contribution in [0.25, 0.3) is 0 Å². The zero-order valence-corrected chi connectivity index (χ0v) is 12.9. The molecule has 0 bridgehead atoms. The number of halogens is 1. The molecule has 2 rings (SSSR count). The minimum absolute atomic E-state index is 0.228. The van der Waals surface area contributed by atoms with Gasteiger partial charge in [-0.25, -0.2) is 4.39 Å². The van der Waals surface area contributed by atoms with E-state index in [0.29, 0.717) is 12.0 Å². The van der Waals surface area contributed by atoms with Gasteiger partial charge in [-0.15, -0.1) is 0 Å². The van der Waals surface area contributed by atoms with Gasteiger partial charge in [-0.1, -0.05) is 12.1 Å². The molecule has 0 saturated heterocycles.